The summed E-state index contributed by atoms with van der Waals surface area (Å²) in [6.07, 6.45) is 0. The molecule has 1 aromatic heterocycles. The molecule has 0 radical (unpaired) electrons. The number of hydrogen-bond donors (Lipinski definition) is 0. The molecule has 0 N–H and O–H groups in total. The fourth-order valence-corrected chi connectivity index (χ4v) is 7.51. The van der Waals surface area contributed by atoms with Gasteiger partial charge in [-0.05, 0) is 115 Å². The molecule has 50 heavy (non-hydrogen) atoms. The van der Waals surface area contributed by atoms with Gasteiger partial charge in [-0.25, -0.2) is 0 Å². The molecular weight excluding hydrogens is 609 g/mol. The highest BCUT2D eigenvalue weighted by Gasteiger charge is 2.41. The van der Waals surface area contributed by atoms with Crippen molar-refractivity contribution in [3.63, 3.8) is 0 Å². The summed E-state index contributed by atoms with van der Waals surface area (Å²) < 4.78 is 6.48. The molecule has 7 aromatic carbocycles. The van der Waals surface area contributed by atoms with Gasteiger partial charge in [-0.1, -0.05) is 103 Å². The average molecular weight is 645 g/mol. The Labute approximate surface area is 293 Å². The van der Waals surface area contributed by atoms with E-state index in [-0.39, 0.29) is 5.41 Å². The second-order valence-corrected chi connectivity index (χ2v) is 13.4. The van der Waals surface area contributed by atoms with E-state index in [2.05, 4.69) is 200 Å². The molecule has 240 valence electrons. The molecule has 1 aliphatic rings. The lowest BCUT2D eigenvalue weighted by atomic mass is 9.85. The summed E-state index contributed by atoms with van der Waals surface area (Å²) in [4.78, 5) is 4.64. The fraction of sp³-hybridized carbons (Fsp3) is 0.0638. The van der Waals surface area contributed by atoms with Crippen LogP contribution < -0.4 is 9.80 Å². The Hall–Kier alpha value is -6.32. The number of benzene rings is 7. The second kappa shape index (κ2) is 12.0. The molecule has 9 rings (SSSR count). The Balaban J connectivity index is 1.06. The third kappa shape index (κ3) is 4.98. The molecule has 3 nitrogen and oxygen atoms in total. The van der Waals surface area contributed by atoms with Crippen molar-refractivity contribution in [2.75, 3.05) is 9.80 Å². The summed E-state index contributed by atoms with van der Waals surface area (Å²) in [5.74, 6) is 1.04. The molecule has 1 aliphatic carbocycles. The van der Waals surface area contributed by atoms with Crippen LogP contribution in [0.25, 0.3) is 33.2 Å². The van der Waals surface area contributed by atoms with Gasteiger partial charge in [0.1, 0.15) is 11.3 Å². The zero-order valence-corrected chi connectivity index (χ0v) is 28.1. The minimum atomic E-state index is -0.255. The molecule has 0 saturated heterocycles. The van der Waals surface area contributed by atoms with Gasteiger partial charge in [0.25, 0.3) is 0 Å². The minimum Gasteiger partial charge on any atom is -0.459 e. The maximum absolute atomic E-state index is 6.48. The van der Waals surface area contributed by atoms with Gasteiger partial charge in [0.2, 0.25) is 0 Å². The van der Waals surface area contributed by atoms with Gasteiger partial charge in [-0.2, -0.15) is 0 Å². The lowest BCUT2D eigenvalue weighted by molar-refractivity contribution is 0.465. The van der Waals surface area contributed by atoms with Gasteiger partial charge in [0, 0.05) is 50.5 Å². The average Bonchev–Trinajstić information content (AvgIpc) is 3.67. The lowest BCUT2D eigenvalue weighted by Gasteiger charge is -2.28. The van der Waals surface area contributed by atoms with E-state index in [0.717, 1.165) is 45.5 Å². The molecule has 0 fully saturated rings. The van der Waals surface area contributed by atoms with Crippen LogP contribution in [0.15, 0.2) is 186 Å². The first-order valence-corrected chi connectivity index (χ1v) is 17.2. The number of fused-ring (bicyclic) bond motifs is 5. The summed E-state index contributed by atoms with van der Waals surface area (Å²) in [6, 6.07) is 64.7. The highest BCUT2D eigenvalue weighted by atomic mass is 16.3. The molecular formula is C47H36N2O. The summed E-state index contributed by atoms with van der Waals surface area (Å²) in [5.41, 5.74) is 13.5. The number of para-hydroxylation sites is 4. The van der Waals surface area contributed by atoms with Crippen LogP contribution in [0.2, 0.25) is 0 Å². The number of rotatable bonds is 7. The number of anilines is 6. The summed E-state index contributed by atoms with van der Waals surface area (Å²) in [7, 11) is 0. The minimum absolute atomic E-state index is 0.255. The van der Waals surface area contributed by atoms with Crippen molar-refractivity contribution in [2.45, 2.75) is 19.3 Å². The van der Waals surface area contributed by atoms with Crippen LogP contribution in [0.3, 0.4) is 0 Å². The van der Waals surface area contributed by atoms with Gasteiger partial charge < -0.3 is 14.2 Å². The van der Waals surface area contributed by atoms with Crippen molar-refractivity contribution in [3.8, 4) is 22.3 Å². The summed E-state index contributed by atoms with van der Waals surface area (Å²) in [6.45, 7) is 4.55. The smallest absolute Gasteiger partial charge is 0.134 e. The van der Waals surface area contributed by atoms with Crippen LogP contribution in [0.4, 0.5) is 34.1 Å². The molecule has 3 heteroatoms. The monoisotopic (exact) mass is 644 g/mol. The van der Waals surface area contributed by atoms with Gasteiger partial charge >= 0.3 is 0 Å². The maximum atomic E-state index is 6.48. The Morgan fingerprint density at radius 1 is 0.420 bits per heavy atom. The Morgan fingerprint density at radius 3 is 1.36 bits per heavy atom. The van der Waals surface area contributed by atoms with E-state index in [4.69, 9.17) is 4.42 Å². The fourth-order valence-electron chi connectivity index (χ4n) is 7.51. The zero-order chi connectivity index (χ0) is 33.7. The van der Waals surface area contributed by atoms with E-state index in [1.165, 1.54) is 33.2 Å². The van der Waals surface area contributed by atoms with E-state index in [1.807, 2.05) is 6.07 Å². The first kappa shape index (κ1) is 29.8. The summed E-state index contributed by atoms with van der Waals surface area (Å²) in [5, 5.41) is 1.18. The third-order valence-corrected chi connectivity index (χ3v) is 9.99. The van der Waals surface area contributed by atoms with Gasteiger partial charge in [-0.15, -0.1) is 0 Å². The number of furan rings is 1. The van der Waals surface area contributed by atoms with Crippen LogP contribution in [0.5, 0.6) is 0 Å². The van der Waals surface area contributed by atoms with Crippen molar-refractivity contribution in [3.05, 3.63) is 193 Å². The Kier molecular flexibility index (Phi) is 7.14. The van der Waals surface area contributed by atoms with Crippen molar-refractivity contribution in [2.24, 2.45) is 0 Å². The Bertz CT molecular complexity index is 2390. The van der Waals surface area contributed by atoms with Crippen LogP contribution in [0, 0.1) is 0 Å². The van der Waals surface area contributed by atoms with E-state index in [1.54, 1.807) is 0 Å². The van der Waals surface area contributed by atoms with Crippen molar-refractivity contribution in [1.82, 2.24) is 0 Å². The molecule has 0 unspecified atom stereocenters. The normalized spacial score (nSPS) is 12.8. The van der Waals surface area contributed by atoms with Crippen molar-refractivity contribution < 1.29 is 4.42 Å². The van der Waals surface area contributed by atoms with Gasteiger partial charge in [0.05, 0.1) is 0 Å². The lowest BCUT2D eigenvalue weighted by Crippen LogP contribution is -2.16. The molecule has 1 heterocycles. The molecule has 0 amide bonds. The van der Waals surface area contributed by atoms with Crippen molar-refractivity contribution in [1.29, 1.82) is 0 Å². The van der Waals surface area contributed by atoms with Crippen molar-refractivity contribution >= 4 is 45.1 Å². The van der Waals surface area contributed by atoms with Gasteiger partial charge in [-0.3, -0.25) is 0 Å². The molecule has 0 aliphatic heterocycles. The van der Waals surface area contributed by atoms with E-state index >= 15 is 0 Å². The van der Waals surface area contributed by atoms with E-state index in [9.17, 15) is 0 Å². The summed E-state index contributed by atoms with van der Waals surface area (Å²) >= 11 is 0. The predicted octanol–water partition coefficient (Wildman–Crippen LogP) is 13.3. The topological polar surface area (TPSA) is 19.6 Å². The maximum Gasteiger partial charge on any atom is 0.134 e. The molecule has 8 aromatic rings. The first-order chi connectivity index (χ1) is 24.6. The largest absolute Gasteiger partial charge is 0.459 e. The van der Waals surface area contributed by atoms with E-state index in [0.29, 0.717) is 0 Å². The predicted molar refractivity (Wildman–Crippen MR) is 209 cm³/mol. The Morgan fingerprint density at radius 2 is 0.840 bits per heavy atom. The first-order valence-electron chi connectivity index (χ1n) is 17.2. The highest BCUT2D eigenvalue weighted by Crippen LogP contribution is 2.54. The zero-order valence-electron chi connectivity index (χ0n) is 28.1. The van der Waals surface area contributed by atoms with Crippen LogP contribution in [-0.2, 0) is 5.41 Å². The van der Waals surface area contributed by atoms with Gasteiger partial charge in [0.15, 0.2) is 0 Å². The quantitative estimate of drug-likeness (QED) is 0.172. The molecule has 0 bridgehead atoms. The molecule has 0 spiro atoms. The van der Waals surface area contributed by atoms with Crippen LogP contribution in [0.1, 0.15) is 25.2 Å². The van der Waals surface area contributed by atoms with E-state index < -0.39 is 0 Å². The number of nitrogens with zero attached hydrogens (tertiary/aromatic N) is 2. The standard InChI is InChI=1S/C47H36N2O/c1-47(2)43-32-40(30-31-41(43)45-42-20-12-13-21-44(42)50-46(45)47)49(37-18-10-5-11-19-37)39-28-24-34(25-29-39)33-22-26-38(27-23-33)48(35-14-6-3-7-15-35)36-16-8-4-9-17-36/h3-32H,1-2H3. The SMILES string of the molecule is CC1(C)c2cc(N(c3ccccc3)c3ccc(-c4ccc(N(c5ccccc5)c5ccccc5)cc4)cc3)ccc2-c2c1oc1ccccc21. The molecule has 0 atom stereocenters. The second-order valence-electron chi connectivity index (χ2n) is 13.4. The van der Waals surface area contributed by atoms with Crippen LogP contribution >= 0.6 is 0 Å². The molecule has 0 saturated carbocycles. The highest BCUT2D eigenvalue weighted by molar-refractivity contribution is 6.01. The number of hydrogen-bond acceptors (Lipinski definition) is 3. The third-order valence-electron chi connectivity index (χ3n) is 9.99. The van der Waals surface area contributed by atoms with Crippen LogP contribution in [-0.4, -0.2) is 0 Å².